The van der Waals surface area contributed by atoms with Crippen LogP contribution in [0.25, 0.3) is 22.2 Å². The number of fused-ring (bicyclic) bond motifs is 2. The molecule has 1 fully saturated rings. The molecule has 3 heterocycles. The van der Waals surface area contributed by atoms with Crippen LogP contribution in [-0.4, -0.2) is 62.3 Å². The first kappa shape index (κ1) is 23.0. The van der Waals surface area contributed by atoms with E-state index in [4.69, 9.17) is 18.9 Å². The van der Waals surface area contributed by atoms with E-state index in [9.17, 15) is 24.0 Å². The molecule has 34 heavy (non-hydrogen) atoms. The average molecular weight is 472 g/mol. The monoisotopic (exact) mass is 472 g/mol. The van der Waals surface area contributed by atoms with Gasteiger partial charge in [-0.3, -0.25) is 24.2 Å². The maximum Gasteiger partial charge on any atom is 0.332 e. The van der Waals surface area contributed by atoms with Crippen molar-refractivity contribution in [2.45, 2.75) is 45.3 Å². The van der Waals surface area contributed by atoms with Crippen LogP contribution in [0.4, 0.5) is 0 Å². The highest BCUT2D eigenvalue weighted by Gasteiger charge is 2.51. The Balaban J connectivity index is 1.91. The number of rotatable bonds is 5. The molecule has 1 N–H and O–H groups in total. The molecule has 1 aliphatic heterocycles. The molecule has 2 aromatic heterocycles. The zero-order valence-electron chi connectivity index (χ0n) is 18.3. The van der Waals surface area contributed by atoms with Gasteiger partial charge in [0.1, 0.15) is 12.7 Å². The second kappa shape index (κ2) is 9.02. The van der Waals surface area contributed by atoms with E-state index in [1.165, 1.54) is 6.92 Å². The highest BCUT2D eigenvalue weighted by atomic mass is 16.7. The quantitative estimate of drug-likeness (QED) is 0.300. The SMILES string of the molecule is CC(=O)OC[C@H]1O[C@@H](n2c(=O)[nH]c(=O)c3nc4ccccc4nc32)[C@H](OC(C)=O)[C@@H]1OC(C)=O. The number of esters is 3. The molecule has 1 aromatic carbocycles. The van der Waals surface area contributed by atoms with Crippen LogP contribution in [0.3, 0.4) is 0 Å². The summed E-state index contributed by atoms with van der Waals surface area (Å²) >= 11 is 0. The Morgan fingerprint density at radius 2 is 1.59 bits per heavy atom. The predicted octanol–water partition coefficient (Wildman–Crippen LogP) is -0.0431. The third-order valence-electron chi connectivity index (χ3n) is 5.03. The molecule has 0 aliphatic carbocycles. The van der Waals surface area contributed by atoms with Crippen molar-refractivity contribution in [2.24, 2.45) is 0 Å². The molecule has 13 nitrogen and oxygen atoms in total. The van der Waals surface area contributed by atoms with E-state index in [-0.39, 0.29) is 17.8 Å². The number of aromatic amines is 1. The fourth-order valence-corrected chi connectivity index (χ4v) is 3.76. The van der Waals surface area contributed by atoms with Crippen molar-refractivity contribution in [3.63, 3.8) is 0 Å². The zero-order valence-corrected chi connectivity index (χ0v) is 18.3. The number of benzene rings is 1. The standard InChI is InChI=1S/C21H20N4O9/c1-9(26)31-8-14-16(32-10(2)27)17(33-11(3)28)20(34-14)25-18-15(19(29)24-21(25)30)22-12-6-4-5-7-13(12)23-18/h4-7,14,16-17,20H,8H2,1-3H3,(H,24,29,30)/t14-,16-,17-,20-/m1/s1. The molecule has 0 radical (unpaired) electrons. The molecule has 4 atom stereocenters. The summed E-state index contributed by atoms with van der Waals surface area (Å²) in [5.74, 6) is -2.09. The number of nitrogens with zero attached hydrogens (tertiary/aromatic N) is 3. The second-order valence-electron chi connectivity index (χ2n) is 7.53. The van der Waals surface area contributed by atoms with E-state index in [1.54, 1.807) is 24.3 Å². The molecule has 0 unspecified atom stereocenters. The molecule has 0 spiro atoms. The van der Waals surface area contributed by atoms with Crippen molar-refractivity contribution in [3.8, 4) is 0 Å². The maximum atomic E-state index is 12.9. The van der Waals surface area contributed by atoms with Gasteiger partial charge in [0, 0.05) is 20.8 Å². The lowest BCUT2D eigenvalue weighted by Gasteiger charge is -2.24. The minimum atomic E-state index is -1.39. The van der Waals surface area contributed by atoms with Crippen LogP contribution < -0.4 is 11.2 Å². The van der Waals surface area contributed by atoms with Gasteiger partial charge in [0.15, 0.2) is 29.6 Å². The van der Waals surface area contributed by atoms with Crippen LogP contribution in [0.15, 0.2) is 33.9 Å². The van der Waals surface area contributed by atoms with Gasteiger partial charge >= 0.3 is 23.6 Å². The number of para-hydroxylation sites is 2. The van der Waals surface area contributed by atoms with Crippen molar-refractivity contribution in [3.05, 3.63) is 45.1 Å². The number of carbonyl (C=O) groups is 3. The van der Waals surface area contributed by atoms with Crippen molar-refractivity contribution < 1.29 is 33.3 Å². The molecule has 4 rings (SSSR count). The summed E-state index contributed by atoms with van der Waals surface area (Å²) in [7, 11) is 0. The van der Waals surface area contributed by atoms with Crippen LogP contribution in [0.1, 0.15) is 27.0 Å². The largest absolute Gasteiger partial charge is 0.463 e. The lowest BCUT2D eigenvalue weighted by molar-refractivity contribution is -0.166. The molecule has 0 bridgehead atoms. The van der Waals surface area contributed by atoms with Gasteiger partial charge in [0.05, 0.1) is 11.0 Å². The average Bonchev–Trinajstić information content (AvgIpc) is 3.07. The number of H-pyrrole nitrogens is 1. The minimum Gasteiger partial charge on any atom is -0.463 e. The molecule has 1 saturated heterocycles. The van der Waals surface area contributed by atoms with Crippen LogP contribution in [-0.2, 0) is 33.3 Å². The highest BCUT2D eigenvalue weighted by Crippen LogP contribution is 2.34. The van der Waals surface area contributed by atoms with Crippen molar-refractivity contribution in [1.29, 1.82) is 0 Å². The lowest BCUT2D eigenvalue weighted by Crippen LogP contribution is -2.43. The minimum absolute atomic E-state index is 0.135. The number of hydrogen-bond donors (Lipinski definition) is 1. The first-order chi connectivity index (χ1) is 16.2. The number of carbonyl (C=O) groups excluding carboxylic acids is 3. The summed E-state index contributed by atoms with van der Waals surface area (Å²) in [4.78, 5) is 71.3. The molecular formula is C21H20N4O9. The first-order valence-corrected chi connectivity index (χ1v) is 10.2. The number of nitrogens with one attached hydrogen (secondary N) is 1. The van der Waals surface area contributed by atoms with Crippen LogP contribution in [0, 0.1) is 0 Å². The number of ether oxygens (including phenoxy) is 4. The van der Waals surface area contributed by atoms with Crippen molar-refractivity contribution in [1.82, 2.24) is 19.5 Å². The van der Waals surface area contributed by atoms with E-state index < -0.39 is 53.7 Å². The first-order valence-electron chi connectivity index (χ1n) is 10.2. The summed E-state index contributed by atoms with van der Waals surface area (Å²) in [6, 6.07) is 6.71. The molecule has 178 valence electrons. The molecular weight excluding hydrogens is 452 g/mol. The number of aromatic nitrogens is 4. The predicted molar refractivity (Wildman–Crippen MR) is 114 cm³/mol. The van der Waals surface area contributed by atoms with Gasteiger partial charge in [0.2, 0.25) is 0 Å². The van der Waals surface area contributed by atoms with Gasteiger partial charge < -0.3 is 18.9 Å². The molecule has 0 amide bonds. The summed E-state index contributed by atoms with van der Waals surface area (Å²) in [6.07, 6.45) is -5.05. The Labute approximate surface area is 190 Å². The fraction of sp³-hybridized carbons (Fsp3) is 0.381. The van der Waals surface area contributed by atoms with Gasteiger partial charge in [0.25, 0.3) is 5.56 Å². The van der Waals surface area contributed by atoms with Gasteiger partial charge in [-0.05, 0) is 12.1 Å². The lowest BCUT2D eigenvalue weighted by atomic mass is 10.1. The fourth-order valence-electron chi connectivity index (χ4n) is 3.76. The summed E-state index contributed by atoms with van der Waals surface area (Å²) < 4.78 is 22.6. The van der Waals surface area contributed by atoms with Crippen LogP contribution >= 0.6 is 0 Å². The van der Waals surface area contributed by atoms with Crippen molar-refractivity contribution in [2.75, 3.05) is 6.61 Å². The van der Waals surface area contributed by atoms with Gasteiger partial charge in [-0.25, -0.2) is 19.3 Å². The molecule has 0 saturated carbocycles. The Morgan fingerprint density at radius 3 is 2.21 bits per heavy atom. The molecule has 13 heteroatoms. The highest BCUT2D eigenvalue weighted by molar-refractivity contribution is 5.83. The normalized spacial score (nSPS) is 22.0. The van der Waals surface area contributed by atoms with Gasteiger partial charge in [-0.1, -0.05) is 12.1 Å². The van der Waals surface area contributed by atoms with Crippen LogP contribution in [0.5, 0.6) is 0 Å². The molecule has 3 aromatic rings. The van der Waals surface area contributed by atoms with Gasteiger partial charge in [-0.2, -0.15) is 0 Å². The molecule has 1 aliphatic rings. The van der Waals surface area contributed by atoms with E-state index in [1.807, 2.05) is 0 Å². The Bertz CT molecular complexity index is 1410. The number of hydrogen-bond acceptors (Lipinski definition) is 11. The van der Waals surface area contributed by atoms with E-state index >= 15 is 0 Å². The van der Waals surface area contributed by atoms with Gasteiger partial charge in [-0.15, -0.1) is 0 Å². The zero-order chi connectivity index (χ0) is 24.6. The smallest absolute Gasteiger partial charge is 0.332 e. The Hall–Kier alpha value is -4.13. The second-order valence-corrected chi connectivity index (χ2v) is 7.53. The van der Waals surface area contributed by atoms with Crippen LogP contribution in [0.2, 0.25) is 0 Å². The third kappa shape index (κ3) is 4.37. The van der Waals surface area contributed by atoms with E-state index in [2.05, 4.69) is 15.0 Å². The van der Waals surface area contributed by atoms with E-state index in [0.717, 1.165) is 18.4 Å². The maximum absolute atomic E-state index is 12.9. The Morgan fingerprint density at radius 1 is 0.971 bits per heavy atom. The summed E-state index contributed by atoms with van der Waals surface area (Å²) in [5.41, 5.74) is -1.17. The summed E-state index contributed by atoms with van der Waals surface area (Å²) in [5, 5.41) is 0. The summed E-state index contributed by atoms with van der Waals surface area (Å²) in [6.45, 7) is 3.09. The third-order valence-corrected chi connectivity index (χ3v) is 5.03. The topological polar surface area (TPSA) is 169 Å². The Kier molecular flexibility index (Phi) is 6.11. The van der Waals surface area contributed by atoms with E-state index in [0.29, 0.717) is 11.0 Å². The van der Waals surface area contributed by atoms with Crippen molar-refractivity contribution >= 4 is 40.1 Å².